The number of nitrogens with zero attached hydrogens (tertiary/aromatic N) is 3. The Labute approximate surface area is 202 Å². The van der Waals surface area contributed by atoms with E-state index in [1.807, 2.05) is 60.5 Å². The molecule has 0 saturated carbocycles. The third kappa shape index (κ3) is 3.72. The molecule has 0 fully saturated rings. The van der Waals surface area contributed by atoms with Crippen molar-refractivity contribution in [1.82, 2.24) is 9.58 Å². The molecule has 0 aliphatic carbocycles. The lowest BCUT2D eigenvalue weighted by Gasteiger charge is -2.45. The lowest BCUT2D eigenvalue weighted by atomic mass is 9.97. The third-order valence-electron chi connectivity index (χ3n) is 6.29. The van der Waals surface area contributed by atoms with E-state index in [-0.39, 0.29) is 18.4 Å². The van der Waals surface area contributed by atoms with E-state index in [0.29, 0.717) is 23.8 Å². The van der Waals surface area contributed by atoms with E-state index in [2.05, 4.69) is 0 Å². The highest BCUT2D eigenvalue weighted by molar-refractivity contribution is 6.30. The second-order valence-corrected chi connectivity index (χ2v) is 8.72. The maximum atomic E-state index is 13.5. The van der Waals surface area contributed by atoms with Gasteiger partial charge in [0.1, 0.15) is 25.1 Å². The van der Waals surface area contributed by atoms with Crippen molar-refractivity contribution in [2.75, 3.05) is 18.3 Å². The molecule has 0 radical (unpaired) electrons. The average molecular weight is 478 g/mol. The van der Waals surface area contributed by atoms with Gasteiger partial charge in [-0.15, -0.1) is 0 Å². The molecule has 5 rings (SSSR count). The predicted octanol–water partition coefficient (Wildman–Crippen LogP) is 4.08. The summed E-state index contributed by atoms with van der Waals surface area (Å²) >= 11 is 6.32. The molecule has 1 aromatic heterocycles. The van der Waals surface area contributed by atoms with Gasteiger partial charge in [-0.1, -0.05) is 61.0 Å². The zero-order valence-corrected chi connectivity index (χ0v) is 19.4. The molecule has 1 amide bonds. The number of halogens is 1. The minimum atomic E-state index is -0.596. The highest BCUT2D eigenvalue weighted by Gasteiger charge is 2.39. The van der Waals surface area contributed by atoms with Crippen LogP contribution in [0.15, 0.2) is 77.7 Å². The van der Waals surface area contributed by atoms with Crippen LogP contribution in [0.3, 0.4) is 0 Å². The first kappa shape index (κ1) is 22.1. The van der Waals surface area contributed by atoms with E-state index in [1.165, 1.54) is 12.3 Å². The Morgan fingerprint density at radius 1 is 1.12 bits per heavy atom. The maximum absolute atomic E-state index is 13.5. The Hall–Kier alpha value is -3.71. The molecule has 3 aromatic rings. The van der Waals surface area contributed by atoms with Crippen molar-refractivity contribution >= 4 is 17.5 Å². The van der Waals surface area contributed by atoms with Gasteiger partial charge in [0.2, 0.25) is 5.43 Å². The molecule has 3 heterocycles. The topological polar surface area (TPSA) is 75.0 Å². The molecule has 2 aliphatic rings. The first-order chi connectivity index (χ1) is 16.5. The van der Waals surface area contributed by atoms with Crippen molar-refractivity contribution in [3.05, 3.63) is 105 Å². The molecule has 0 spiro atoms. The Balaban J connectivity index is 1.82. The summed E-state index contributed by atoms with van der Waals surface area (Å²) < 4.78 is 7.72. The van der Waals surface area contributed by atoms with E-state index in [9.17, 15) is 14.7 Å². The fourth-order valence-electron chi connectivity index (χ4n) is 4.63. The largest absolute Gasteiger partial charge is 0.502 e. The van der Waals surface area contributed by atoms with Crippen LogP contribution >= 0.6 is 11.6 Å². The smallest absolute Gasteiger partial charge is 0.278 e. The van der Waals surface area contributed by atoms with Gasteiger partial charge in [-0.05, 0) is 30.2 Å². The summed E-state index contributed by atoms with van der Waals surface area (Å²) in [5.74, 6) is -0.335. The predicted molar refractivity (Wildman–Crippen MR) is 130 cm³/mol. The van der Waals surface area contributed by atoms with E-state index >= 15 is 0 Å². The maximum Gasteiger partial charge on any atom is 0.278 e. The van der Waals surface area contributed by atoms with Gasteiger partial charge in [0.05, 0.1) is 6.04 Å². The van der Waals surface area contributed by atoms with Crippen molar-refractivity contribution < 1.29 is 14.6 Å². The van der Waals surface area contributed by atoms with Crippen LogP contribution in [0.5, 0.6) is 11.5 Å². The monoisotopic (exact) mass is 477 g/mol. The summed E-state index contributed by atoms with van der Waals surface area (Å²) in [5.41, 5.74) is 1.15. The quantitative estimate of drug-likeness (QED) is 0.563. The zero-order chi connectivity index (χ0) is 23.8. The molecular formula is C26H24ClN3O4. The second-order valence-electron chi connectivity index (χ2n) is 8.29. The summed E-state index contributed by atoms with van der Waals surface area (Å²) in [7, 11) is 0. The molecular weight excluding hydrogens is 454 g/mol. The number of aromatic nitrogens is 1. The third-order valence-corrected chi connectivity index (χ3v) is 6.52. The van der Waals surface area contributed by atoms with Crippen LogP contribution in [0, 0.1) is 0 Å². The van der Waals surface area contributed by atoms with Crippen molar-refractivity contribution in [3.63, 3.8) is 0 Å². The van der Waals surface area contributed by atoms with Gasteiger partial charge in [-0.25, -0.2) is 0 Å². The number of ether oxygens (including phenoxy) is 1. The number of amides is 1. The van der Waals surface area contributed by atoms with Crippen LogP contribution in [-0.2, 0) is 0 Å². The number of fused-ring (bicyclic) bond motifs is 5. The van der Waals surface area contributed by atoms with Crippen molar-refractivity contribution in [2.45, 2.75) is 25.4 Å². The average Bonchev–Trinajstić information content (AvgIpc) is 2.87. The van der Waals surface area contributed by atoms with Crippen LogP contribution in [-0.4, -0.2) is 39.9 Å². The summed E-state index contributed by atoms with van der Waals surface area (Å²) in [6.07, 6.45) is 6.00. The molecule has 2 atom stereocenters. The van der Waals surface area contributed by atoms with Gasteiger partial charge >= 0.3 is 0 Å². The van der Waals surface area contributed by atoms with Gasteiger partial charge in [0.15, 0.2) is 11.4 Å². The van der Waals surface area contributed by atoms with Gasteiger partial charge in [0.25, 0.3) is 5.91 Å². The first-order valence-electron chi connectivity index (χ1n) is 11.2. The SMILES string of the molecule is CC[C@@H]1/C=C/COc2cc(Cl)ccc2[C@H](c2ccccc2)N2CN1C(=O)c1c(O)c(=O)ccn12. The lowest BCUT2D eigenvalue weighted by Crippen LogP contribution is -2.57. The number of pyridine rings is 1. The Bertz CT molecular complexity index is 1320. The zero-order valence-electron chi connectivity index (χ0n) is 18.6. The molecule has 2 aliphatic heterocycles. The summed E-state index contributed by atoms with van der Waals surface area (Å²) in [5, 5.41) is 13.2. The number of hydrogen-bond donors (Lipinski definition) is 1. The van der Waals surface area contributed by atoms with Crippen molar-refractivity contribution in [1.29, 1.82) is 0 Å². The number of carbonyl (C=O) groups excluding carboxylic acids is 1. The standard InChI is InChI=1S/C26H24ClN3O4/c1-2-19-9-6-14-34-22-15-18(27)10-11-20(22)23(17-7-4-3-5-8-17)30-16-28(19)26(33)24-25(32)21(31)12-13-29(24)30/h3-13,15,19,23,32H,2,14,16H2,1H3/b9-6+/t19-,23+/m1/s1. The van der Waals surface area contributed by atoms with Crippen LogP contribution in [0.25, 0.3) is 0 Å². The first-order valence-corrected chi connectivity index (χ1v) is 11.5. The summed E-state index contributed by atoms with van der Waals surface area (Å²) in [6.45, 7) is 2.53. The summed E-state index contributed by atoms with van der Waals surface area (Å²) in [4.78, 5) is 27.6. The molecule has 2 aromatic carbocycles. The minimum Gasteiger partial charge on any atom is -0.502 e. The highest BCUT2D eigenvalue weighted by Crippen LogP contribution is 2.38. The molecule has 174 valence electrons. The van der Waals surface area contributed by atoms with Crippen molar-refractivity contribution in [2.24, 2.45) is 0 Å². The van der Waals surface area contributed by atoms with E-state index in [1.54, 1.807) is 21.7 Å². The van der Waals surface area contributed by atoms with Gasteiger partial charge in [-0.2, -0.15) is 0 Å². The fraction of sp³-hybridized carbons (Fsp3) is 0.231. The lowest BCUT2D eigenvalue weighted by molar-refractivity contribution is 0.0626. The molecule has 1 N–H and O–H groups in total. The van der Waals surface area contributed by atoms with Gasteiger partial charge in [0, 0.05) is 22.8 Å². The van der Waals surface area contributed by atoms with Crippen LogP contribution in [0.1, 0.15) is 41.0 Å². The van der Waals surface area contributed by atoms with Crippen LogP contribution < -0.4 is 15.2 Å². The minimum absolute atomic E-state index is 0.0535. The fourth-order valence-corrected chi connectivity index (χ4v) is 4.80. The Morgan fingerprint density at radius 3 is 2.68 bits per heavy atom. The molecule has 0 unspecified atom stereocenters. The highest BCUT2D eigenvalue weighted by atomic mass is 35.5. The number of carbonyl (C=O) groups is 1. The van der Waals surface area contributed by atoms with E-state index in [4.69, 9.17) is 16.3 Å². The van der Waals surface area contributed by atoms with Gasteiger partial charge in [-0.3, -0.25) is 19.3 Å². The number of rotatable bonds is 2. The Kier molecular flexibility index (Phi) is 5.79. The molecule has 2 bridgehead atoms. The molecule has 34 heavy (non-hydrogen) atoms. The number of aromatic hydroxyl groups is 1. The molecule has 8 heteroatoms. The van der Waals surface area contributed by atoms with E-state index < -0.39 is 23.1 Å². The Morgan fingerprint density at radius 2 is 1.91 bits per heavy atom. The van der Waals surface area contributed by atoms with E-state index in [0.717, 1.165) is 11.1 Å². The van der Waals surface area contributed by atoms with Crippen LogP contribution in [0.2, 0.25) is 5.02 Å². The van der Waals surface area contributed by atoms with Crippen LogP contribution in [0.4, 0.5) is 0 Å². The normalized spacial score (nSPS) is 20.6. The second kappa shape index (κ2) is 8.91. The number of hydrogen-bond acceptors (Lipinski definition) is 5. The summed E-state index contributed by atoms with van der Waals surface area (Å²) in [6, 6.07) is 16.0. The van der Waals surface area contributed by atoms with Crippen molar-refractivity contribution in [3.8, 4) is 11.5 Å². The van der Waals surface area contributed by atoms with Gasteiger partial charge < -0.3 is 14.7 Å². The molecule has 7 nitrogen and oxygen atoms in total. The molecule has 0 saturated heterocycles. The number of benzene rings is 2.